The molecule has 0 spiro atoms. The van der Waals surface area contributed by atoms with Crippen molar-refractivity contribution in [3.05, 3.63) is 28.8 Å². The van der Waals surface area contributed by atoms with Crippen LogP contribution in [0.2, 0.25) is 5.02 Å². The Labute approximate surface area is 96.0 Å². The standard InChI is InChI=1S/C12H17ClN2/c1-2-14-8-11-6-4-9-3-5-10(13)7-12(9)15-11/h3,5,7,11,14-15H,2,4,6,8H2,1H3. The molecular formula is C12H17ClN2. The molecule has 0 bridgehead atoms. The number of halogens is 1. The van der Waals surface area contributed by atoms with Gasteiger partial charge in [-0.25, -0.2) is 0 Å². The first-order valence-corrected chi connectivity index (χ1v) is 5.93. The van der Waals surface area contributed by atoms with E-state index < -0.39 is 0 Å². The van der Waals surface area contributed by atoms with Crippen LogP contribution in [-0.2, 0) is 6.42 Å². The molecule has 1 aromatic rings. The summed E-state index contributed by atoms with van der Waals surface area (Å²) in [6.45, 7) is 4.19. The zero-order valence-corrected chi connectivity index (χ0v) is 9.77. The molecule has 1 atom stereocenters. The maximum Gasteiger partial charge on any atom is 0.0426 e. The Balaban J connectivity index is 2.05. The smallest absolute Gasteiger partial charge is 0.0426 e. The van der Waals surface area contributed by atoms with E-state index in [9.17, 15) is 0 Å². The Hall–Kier alpha value is -0.730. The Kier molecular flexibility index (Phi) is 3.49. The molecule has 2 rings (SSSR count). The van der Waals surface area contributed by atoms with Crippen LogP contribution in [0.5, 0.6) is 0 Å². The van der Waals surface area contributed by atoms with Gasteiger partial charge >= 0.3 is 0 Å². The van der Waals surface area contributed by atoms with Crippen molar-refractivity contribution in [1.29, 1.82) is 0 Å². The minimum absolute atomic E-state index is 0.538. The maximum absolute atomic E-state index is 5.97. The number of fused-ring (bicyclic) bond motifs is 1. The second kappa shape index (κ2) is 4.86. The van der Waals surface area contributed by atoms with Crippen LogP contribution in [0.4, 0.5) is 5.69 Å². The van der Waals surface area contributed by atoms with Gasteiger partial charge in [0.1, 0.15) is 0 Å². The Morgan fingerprint density at radius 1 is 1.53 bits per heavy atom. The fourth-order valence-electron chi connectivity index (χ4n) is 1.99. The number of likely N-dealkylation sites (N-methyl/N-ethyl adjacent to an activating group) is 1. The summed E-state index contributed by atoms with van der Waals surface area (Å²) in [6, 6.07) is 6.64. The van der Waals surface area contributed by atoms with Crippen molar-refractivity contribution in [2.45, 2.75) is 25.8 Å². The summed E-state index contributed by atoms with van der Waals surface area (Å²) in [4.78, 5) is 0. The first kappa shape index (κ1) is 10.8. The normalized spacial score (nSPS) is 19.5. The molecule has 0 aliphatic carbocycles. The van der Waals surface area contributed by atoms with Gasteiger partial charge in [-0.2, -0.15) is 0 Å². The van der Waals surface area contributed by atoms with Gasteiger partial charge in [0, 0.05) is 23.3 Å². The first-order valence-electron chi connectivity index (χ1n) is 5.55. The van der Waals surface area contributed by atoms with E-state index in [-0.39, 0.29) is 0 Å². The summed E-state index contributed by atoms with van der Waals surface area (Å²) in [5, 5.41) is 7.70. The molecule has 0 fully saturated rings. The molecule has 1 heterocycles. The van der Waals surface area contributed by atoms with Crippen molar-refractivity contribution in [3.63, 3.8) is 0 Å². The van der Waals surface area contributed by atoms with Crippen molar-refractivity contribution in [2.75, 3.05) is 18.4 Å². The van der Waals surface area contributed by atoms with E-state index in [1.54, 1.807) is 0 Å². The lowest BCUT2D eigenvalue weighted by atomic mass is 9.98. The average molecular weight is 225 g/mol. The minimum atomic E-state index is 0.538. The highest BCUT2D eigenvalue weighted by molar-refractivity contribution is 6.30. The maximum atomic E-state index is 5.97. The molecule has 0 aromatic heterocycles. The van der Waals surface area contributed by atoms with Gasteiger partial charge in [-0.05, 0) is 37.1 Å². The van der Waals surface area contributed by atoms with Crippen LogP contribution in [0.1, 0.15) is 18.9 Å². The number of aryl methyl sites for hydroxylation is 1. The van der Waals surface area contributed by atoms with E-state index in [4.69, 9.17) is 11.6 Å². The molecule has 1 aliphatic heterocycles. The zero-order chi connectivity index (χ0) is 10.7. The van der Waals surface area contributed by atoms with Crippen molar-refractivity contribution in [1.82, 2.24) is 5.32 Å². The molecule has 2 N–H and O–H groups in total. The van der Waals surface area contributed by atoms with E-state index in [1.807, 2.05) is 12.1 Å². The van der Waals surface area contributed by atoms with Crippen LogP contribution >= 0.6 is 11.6 Å². The summed E-state index contributed by atoms with van der Waals surface area (Å²) in [5.74, 6) is 0. The van der Waals surface area contributed by atoms with Crippen LogP contribution in [0.15, 0.2) is 18.2 Å². The molecule has 15 heavy (non-hydrogen) atoms. The fraction of sp³-hybridized carbons (Fsp3) is 0.500. The van der Waals surface area contributed by atoms with Crippen LogP contribution in [-0.4, -0.2) is 19.1 Å². The quantitative estimate of drug-likeness (QED) is 0.825. The number of rotatable bonds is 3. The molecule has 1 aliphatic rings. The van der Waals surface area contributed by atoms with Crippen molar-refractivity contribution in [2.24, 2.45) is 0 Å². The fourth-order valence-corrected chi connectivity index (χ4v) is 2.17. The van der Waals surface area contributed by atoms with Gasteiger partial charge in [0.25, 0.3) is 0 Å². The molecule has 1 unspecified atom stereocenters. The lowest BCUT2D eigenvalue weighted by molar-refractivity contribution is 0.571. The minimum Gasteiger partial charge on any atom is -0.381 e. The molecule has 82 valence electrons. The number of hydrogen-bond donors (Lipinski definition) is 2. The second-order valence-electron chi connectivity index (χ2n) is 3.99. The number of anilines is 1. The average Bonchev–Trinajstić information content (AvgIpc) is 2.25. The molecule has 0 saturated carbocycles. The predicted molar refractivity (Wildman–Crippen MR) is 65.7 cm³/mol. The zero-order valence-electron chi connectivity index (χ0n) is 9.02. The molecular weight excluding hydrogens is 208 g/mol. The predicted octanol–water partition coefficient (Wildman–Crippen LogP) is 2.68. The largest absolute Gasteiger partial charge is 0.381 e. The molecule has 0 radical (unpaired) electrons. The summed E-state index contributed by atoms with van der Waals surface area (Å²) in [5.41, 5.74) is 2.59. The Morgan fingerprint density at radius 2 is 2.40 bits per heavy atom. The number of hydrogen-bond acceptors (Lipinski definition) is 2. The topological polar surface area (TPSA) is 24.1 Å². The summed E-state index contributed by atoms with van der Waals surface area (Å²) in [7, 11) is 0. The molecule has 2 nitrogen and oxygen atoms in total. The third-order valence-corrected chi connectivity index (χ3v) is 3.07. The van der Waals surface area contributed by atoms with Gasteiger partial charge in [-0.15, -0.1) is 0 Å². The summed E-state index contributed by atoms with van der Waals surface area (Å²) in [6.07, 6.45) is 2.34. The van der Waals surface area contributed by atoms with E-state index in [1.165, 1.54) is 17.7 Å². The van der Waals surface area contributed by atoms with E-state index in [0.717, 1.165) is 24.5 Å². The molecule has 3 heteroatoms. The lowest BCUT2D eigenvalue weighted by Crippen LogP contribution is -2.35. The molecule has 0 saturated heterocycles. The highest BCUT2D eigenvalue weighted by Gasteiger charge is 2.16. The van der Waals surface area contributed by atoms with Gasteiger partial charge in [0.15, 0.2) is 0 Å². The van der Waals surface area contributed by atoms with Crippen molar-refractivity contribution in [3.8, 4) is 0 Å². The van der Waals surface area contributed by atoms with E-state index in [2.05, 4.69) is 23.6 Å². The van der Waals surface area contributed by atoms with Crippen LogP contribution in [0.25, 0.3) is 0 Å². The summed E-state index contributed by atoms with van der Waals surface area (Å²) < 4.78 is 0. The third-order valence-electron chi connectivity index (χ3n) is 2.83. The van der Waals surface area contributed by atoms with Crippen LogP contribution < -0.4 is 10.6 Å². The van der Waals surface area contributed by atoms with E-state index >= 15 is 0 Å². The highest BCUT2D eigenvalue weighted by atomic mass is 35.5. The van der Waals surface area contributed by atoms with Gasteiger partial charge in [-0.3, -0.25) is 0 Å². The van der Waals surface area contributed by atoms with Gasteiger partial charge in [0.2, 0.25) is 0 Å². The first-order chi connectivity index (χ1) is 7.29. The number of benzene rings is 1. The summed E-state index contributed by atoms with van der Waals surface area (Å²) >= 11 is 5.97. The van der Waals surface area contributed by atoms with Crippen molar-refractivity contribution < 1.29 is 0 Å². The Morgan fingerprint density at radius 3 is 3.20 bits per heavy atom. The number of nitrogens with one attached hydrogen (secondary N) is 2. The lowest BCUT2D eigenvalue weighted by Gasteiger charge is -2.27. The Bertz CT molecular complexity index is 338. The highest BCUT2D eigenvalue weighted by Crippen LogP contribution is 2.27. The van der Waals surface area contributed by atoms with Crippen LogP contribution in [0.3, 0.4) is 0 Å². The SMILES string of the molecule is CCNCC1CCc2ccc(Cl)cc2N1. The van der Waals surface area contributed by atoms with E-state index in [0.29, 0.717) is 6.04 Å². The second-order valence-corrected chi connectivity index (χ2v) is 4.43. The van der Waals surface area contributed by atoms with Gasteiger partial charge < -0.3 is 10.6 Å². The van der Waals surface area contributed by atoms with Gasteiger partial charge in [-0.1, -0.05) is 24.6 Å². The third kappa shape index (κ3) is 2.64. The molecule has 1 aromatic carbocycles. The van der Waals surface area contributed by atoms with Crippen molar-refractivity contribution >= 4 is 17.3 Å². The van der Waals surface area contributed by atoms with Crippen LogP contribution in [0, 0.1) is 0 Å². The molecule has 0 amide bonds. The van der Waals surface area contributed by atoms with Gasteiger partial charge in [0.05, 0.1) is 0 Å². The monoisotopic (exact) mass is 224 g/mol.